The molecular formula is C23H27N5O2S2. The largest absolute Gasteiger partial charge is 0.296 e. The lowest BCUT2D eigenvalue weighted by Crippen LogP contribution is -2.20. The summed E-state index contributed by atoms with van der Waals surface area (Å²) in [6.07, 6.45) is 2.73. The van der Waals surface area contributed by atoms with Crippen LogP contribution in [-0.2, 0) is 22.9 Å². The van der Waals surface area contributed by atoms with E-state index in [2.05, 4.69) is 47.0 Å². The van der Waals surface area contributed by atoms with Crippen molar-refractivity contribution in [3.63, 3.8) is 0 Å². The Labute approximate surface area is 192 Å². The first kappa shape index (κ1) is 21.4. The number of imidazole rings is 1. The number of benzene rings is 1. The van der Waals surface area contributed by atoms with Gasteiger partial charge >= 0.3 is 0 Å². The molecule has 1 fully saturated rings. The summed E-state index contributed by atoms with van der Waals surface area (Å²) >= 11 is 1.64. The highest BCUT2D eigenvalue weighted by molar-refractivity contribution is 7.91. The molecule has 7 nitrogen and oxygen atoms in total. The number of thiazole rings is 1. The summed E-state index contributed by atoms with van der Waals surface area (Å²) in [6, 6.07) is 10.3. The smallest absolute Gasteiger partial charge is 0.194 e. The van der Waals surface area contributed by atoms with Crippen LogP contribution in [0.4, 0.5) is 0 Å². The number of sulfone groups is 1. The lowest BCUT2D eigenvalue weighted by molar-refractivity contribution is 0.313. The van der Waals surface area contributed by atoms with E-state index >= 15 is 0 Å². The standard InChI is InChI=1S/C23H27N5O2S2/c1-16-20(17(2)28(25-16)19-9-12-32(29,30)15-19)13-26(3)14-21-22(18-7-5-4-6-8-18)24-23-27(21)10-11-31-23/h4-8,10-11,19H,9,12-15H2,1-3H3/t19-/m1/s1. The summed E-state index contributed by atoms with van der Waals surface area (Å²) in [5.74, 6) is 0.446. The number of nitrogens with zero attached hydrogens (tertiary/aromatic N) is 5. The number of fused-ring (bicyclic) bond motifs is 1. The molecule has 0 aliphatic carbocycles. The molecule has 1 atom stereocenters. The van der Waals surface area contributed by atoms with Crippen molar-refractivity contribution in [3.8, 4) is 11.3 Å². The van der Waals surface area contributed by atoms with E-state index in [1.165, 1.54) is 11.3 Å². The van der Waals surface area contributed by atoms with Crippen molar-refractivity contribution in [2.45, 2.75) is 39.4 Å². The van der Waals surface area contributed by atoms with Crippen molar-refractivity contribution >= 4 is 26.1 Å². The molecule has 5 rings (SSSR count). The summed E-state index contributed by atoms with van der Waals surface area (Å²) in [7, 11) is -0.840. The average Bonchev–Trinajstić information content (AvgIpc) is 3.50. The third-order valence-corrected chi connectivity index (χ3v) is 8.79. The van der Waals surface area contributed by atoms with Crippen LogP contribution in [0.2, 0.25) is 0 Å². The third kappa shape index (κ3) is 3.89. The predicted molar refractivity (Wildman–Crippen MR) is 128 cm³/mol. The van der Waals surface area contributed by atoms with Crippen LogP contribution in [0.1, 0.15) is 35.1 Å². The minimum atomic E-state index is -2.95. The topological polar surface area (TPSA) is 72.5 Å². The predicted octanol–water partition coefficient (Wildman–Crippen LogP) is 3.87. The van der Waals surface area contributed by atoms with E-state index < -0.39 is 9.84 Å². The van der Waals surface area contributed by atoms with Crippen LogP contribution in [0.25, 0.3) is 16.2 Å². The first-order valence-electron chi connectivity index (χ1n) is 10.8. The zero-order chi connectivity index (χ0) is 22.5. The van der Waals surface area contributed by atoms with Crippen LogP contribution in [-0.4, -0.2) is 51.0 Å². The Morgan fingerprint density at radius 1 is 1.19 bits per heavy atom. The summed E-state index contributed by atoms with van der Waals surface area (Å²) in [5.41, 5.74) is 6.51. The maximum Gasteiger partial charge on any atom is 0.194 e. The molecule has 168 valence electrons. The SMILES string of the molecule is Cc1nn([C@@H]2CCS(=O)(=O)C2)c(C)c1CN(C)Cc1c(-c2ccccc2)nc2sccn12. The molecule has 1 aliphatic heterocycles. The minimum absolute atomic E-state index is 0.0531. The van der Waals surface area contributed by atoms with Crippen LogP contribution in [0.15, 0.2) is 41.9 Å². The van der Waals surface area contributed by atoms with Gasteiger partial charge in [0.25, 0.3) is 0 Å². The highest BCUT2D eigenvalue weighted by atomic mass is 32.2. The van der Waals surface area contributed by atoms with E-state index in [9.17, 15) is 8.42 Å². The zero-order valence-electron chi connectivity index (χ0n) is 18.5. The normalized spacial score (nSPS) is 18.2. The van der Waals surface area contributed by atoms with Gasteiger partial charge in [-0.05, 0) is 27.3 Å². The lowest BCUT2D eigenvalue weighted by atomic mass is 10.1. The molecule has 0 bridgehead atoms. The van der Waals surface area contributed by atoms with Gasteiger partial charge in [0, 0.05) is 41.5 Å². The van der Waals surface area contributed by atoms with Gasteiger partial charge in [-0.25, -0.2) is 13.4 Å². The Morgan fingerprint density at radius 3 is 2.69 bits per heavy atom. The fraction of sp³-hybridized carbons (Fsp3) is 0.391. The molecule has 4 aromatic rings. The Kier molecular flexibility index (Phi) is 5.43. The van der Waals surface area contributed by atoms with Crippen molar-refractivity contribution < 1.29 is 8.42 Å². The maximum atomic E-state index is 11.9. The van der Waals surface area contributed by atoms with Crippen molar-refractivity contribution in [2.24, 2.45) is 0 Å². The third-order valence-electron chi connectivity index (χ3n) is 6.29. The van der Waals surface area contributed by atoms with Gasteiger partial charge in [0.15, 0.2) is 14.8 Å². The van der Waals surface area contributed by atoms with Crippen molar-refractivity contribution in [3.05, 3.63) is 64.6 Å². The van der Waals surface area contributed by atoms with E-state index in [1.54, 1.807) is 11.3 Å². The monoisotopic (exact) mass is 469 g/mol. The van der Waals surface area contributed by atoms with E-state index in [-0.39, 0.29) is 17.5 Å². The molecule has 0 saturated carbocycles. The molecule has 0 amide bonds. The quantitative estimate of drug-likeness (QED) is 0.429. The van der Waals surface area contributed by atoms with Crippen molar-refractivity contribution in [1.82, 2.24) is 24.1 Å². The molecule has 0 unspecified atom stereocenters. The van der Waals surface area contributed by atoms with Crippen molar-refractivity contribution in [1.29, 1.82) is 0 Å². The summed E-state index contributed by atoms with van der Waals surface area (Å²) < 4.78 is 28.0. The summed E-state index contributed by atoms with van der Waals surface area (Å²) in [5, 5.41) is 6.79. The van der Waals surface area contributed by atoms with E-state index in [1.807, 2.05) is 29.8 Å². The second kappa shape index (κ2) is 8.13. The maximum absolute atomic E-state index is 11.9. The first-order valence-corrected chi connectivity index (χ1v) is 13.5. The Hall–Kier alpha value is -2.49. The highest BCUT2D eigenvalue weighted by Gasteiger charge is 2.31. The van der Waals surface area contributed by atoms with Crippen molar-refractivity contribution in [2.75, 3.05) is 18.6 Å². The van der Waals surface area contributed by atoms with Gasteiger partial charge in [-0.3, -0.25) is 14.0 Å². The van der Waals surface area contributed by atoms with Crippen LogP contribution in [0.3, 0.4) is 0 Å². The molecule has 32 heavy (non-hydrogen) atoms. The fourth-order valence-electron chi connectivity index (χ4n) is 4.64. The van der Waals surface area contributed by atoms with E-state index in [0.29, 0.717) is 6.42 Å². The molecule has 0 spiro atoms. The number of hydrogen-bond acceptors (Lipinski definition) is 6. The molecule has 0 N–H and O–H groups in total. The molecule has 3 aromatic heterocycles. The van der Waals surface area contributed by atoms with Gasteiger partial charge in [0.1, 0.15) is 0 Å². The Morgan fingerprint density at radius 2 is 1.97 bits per heavy atom. The molecule has 1 aliphatic rings. The fourth-order valence-corrected chi connectivity index (χ4v) is 7.07. The van der Waals surface area contributed by atoms with Gasteiger partial charge in [0.05, 0.1) is 34.6 Å². The Balaban J connectivity index is 1.41. The second-order valence-electron chi connectivity index (χ2n) is 8.65. The first-order chi connectivity index (χ1) is 15.3. The van der Waals surface area contributed by atoms with Gasteiger partial charge in [0.2, 0.25) is 0 Å². The van der Waals surface area contributed by atoms with Crippen LogP contribution in [0, 0.1) is 13.8 Å². The number of rotatable bonds is 6. The van der Waals surface area contributed by atoms with E-state index in [4.69, 9.17) is 10.1 Å². The average molecular weight is 470 g/mol. The van der Waals surface area contributed by atoms with Gasteiger partial charge in [-0.1, -0.05) is 30.3 Å². The molecule has 1 saturated heterocycles. The second-order valence-corrected chi connectivity index (χ2v) is 11.8. The molecular weight excluding hydrogens is 442 g/mol. The molecule has 4 heterocycles. The molecule has 9 heteroatoms. The van der Waals surface area contributed by atoms with Crippen LogP contribution in [0.5, 0.6) is 0 Å². The number of aryl methyl sites for hydroxylation is 1. The molecule has 0 radical (unpaired) electrons. The summed E-state index contributed by atoms with van der Waals surface area (Å²) in [6.45, 7) is 5.55. The minimum Gasteiger partial charge on any atom is -0.296 e. The Bertz CT molecular complexity index is 1370. The zero-order valence-corrected chi connectivity index (χ0v) is 20.2. The highest BCUT2D eigenvalue weighted by Crippen LogP contribution is 2.30. The molecule has 1 aromatic carbocycles. The van der Waals surface area contributed by atoms with Crippen LogP contribution < -0.4 is 0 Å². The van der Waals surface area contributed by atoms with Gasteiger partial charge in [-0.15, -0.1) is 11.3 Å². The van der Waals surface area contributed by atoms with Gasteiger partial charge in [-0.2, -0.15) is 5.10 Å². The summed E-state index contributed by atoms with van der Waals surface area (Å²) in [4.78, 5) is 8.16. The van der Waals surface area contributed by atoms with Crippen LogP contribution >= 0.6 is 11.3 Å². The van der Waals surface area contributed by atoms with E-state index in [0.717, 1.165) is 40.7 Å². The number of aromatic nitrogens is 4. The van der Waals surface area contributed by atoms with Gasteiger partial charge < -0.3 is 0 Å². The lowest BCUT2D eigenvalue weighted by Gasteiger charge is -2.18. The number of hydrogen-bond donors (Lipinski definition) is 0.